The van der Waals surface area contributed by atoms with Gasteiger partial charge in [-0.05, 0) is 18.2 Å². The van der Waals surface area contributed by atoms with Crippen LogP contribution in [0, 0.1) is 0 Å². The van der Waals surface area contributed by atoms with Gasteiger partial charge in [0, 0.05) is 23.5 Å². The largest absolute Gasteiger partial charge is 0.472 e. The van der Waals surface area contributed by atoms with Crippen LogP contribution in [0.4, 0.5) is 6.01 Å². The predicted octanol–water partition coefficient (Wildman–Crippen LogP) is 2.83. The molecule has 0 aromatic carbocycles. The maximum Gasteiger partial charge on any atom is 0.301 e. The molecule has 7 heteroatoms. The van der Waals surface area contributed by atoms with E-state index in [0.29, 0.717) is 5.65 Å². The zero-order chi connectivity index (χ0) is 14.9. The molecule has 4 heterocycles. The molecule has 1 N–H and O–H groups in total. The fourth-order valence-electron chi connectivity index (χ4n) is 2.15. The van der Waals surface area contributed by atoms with Crippen molar-refractivity contribution in [3.05, 3.63) is 61.3 Å². The van der Waals surface area contributed by atoms with E-state index in [0.717, 1.165) is 11.1 Å². The zero-order valence-electron chi connectivity index (χ0n) is 11.3. The van der Waals surface area contributed by atoms with Gasteiger partial charge in [-0.1, -0.05) is 0 Å². The van der Waals surface area contributed by atoms with E-state index < -0.39 is 0 Å². The van der Waals surface area contributed by atoms with Crippen LogP contribution in [0.2, 0.25) is 0 Å². The average Bonchev–Trinajstić information content (AvgIpc) is 3.27. The van der Waals surface area contributed by atoms with Gasteiger partial charge in [-0.3, -0.25) is 10.1 Å². The van der Waals surface area contributed by atoms with Crippen LogP contribution in [-0.2, 0) is 0 Å². The third-order valence-corrected chi connectivity index (χ3v) is 3.19. The van der Waals surface area contributed by atoms with Gasteiger partial charge < -0.3 is 13.2 Å². The Morgan fingerprint density at radius 1 is 1.14 bits per heavy atom. The molecule has 1 amide bonds. The first-order valence-corrected chi connectivity index (χ1v) is 6.52. The number of carbonyl (C=O) groups excluding carboxylic acids is 1. The van der Waals surface area contributed by atoms with Crippen LogP contribution in [0.1, 0.15) is 10.5 Å². The van der Waals surface area contributed by atoms with E-state index >= 15 is 0 Å². The number of carbonyl (C=O) groups is 1. The van der Waals surface area contributed by atoms with Crippen molar-refractivity contribution in [3.8, 4) is 11.1 Å². The lowest BCUT2D eigenvalue weighted by Gasteiger charge is -1.98. The Bertz CT molecular complexity index is 923. The second kappa shape index (κ2) is 4.88. The highest BCUT2D eigenvalue weighted by Crippen LogP contribution is 2.20. The molecule has 0 aliphatic rings. The van der Waals surface area contributed by atoms with Crippen LogP contribution in [-0.4, -0.2) is 20.3 Å². The summed E-state index contributed by atoms with van der Waals surface area (Å²) in [6.45, 7) is 0. The highest BCUT2D eigenvalue weighted by Gasteiger charge is 2.13. The maximum absolute atomic E-state index is 12.1. The Morgan fingerprint density at radius 3 is 2.86 bits per heavy atom. The van der Waals surface area contributed by atoms with Crippen LogP contribution >= 0.6 is 0 Å². The summed E-state index contributed by atoms with van der Waals surface area (Å²) < 4.78 is 11.8. The number of oxazole rings is 1. The normalized spacial score (nSPS) is 10.9. The summed E-state index contributed by atoms with van der Waals surface area (Å²) in [6, 6.07) is 5.77. The van der Waals surface area contributed by atoms with Gasteiger partial charge in [-0.15, -0.1) is 0 Å². The molecule has 0 unspecified atom stereocenters. The number of anilines is 1. The molecule has 0 saturated heterocycles. The summed E-state index contributed by atoms with van der Waals surface area (Å²) >= 11 is 0. The van der Waals surface area contributed by atoms with Gasteiger partial charge in [-0.25, -0.2) is 9.97 Å². The highest BCUT2D eigenvalue weighted by atomic mass is 16.4. The van der Waals surface area contributed by atoms with E-state index in [1.165, 1.54) is 12.5 Å². The van der Waals surface area contributed by atoms with E-state index in [9.17, 15) is 4.79 Å². The van der Waals surface area contributed by atoms with E-state index in [2.05, 4.69) is 15.3 Å². The molecule has 108 valence electrons. The van der Waals surface area contributed by atoms with E-state index in [1.54, 1.807) is 23.1 Å². The zero-order valence-corrected chi connectivity index (χ0v) is 11.3. The summed E-state index contributed by atoms with van der Waals surface area (Å²) in [6.07, 6.45) is 9.65. The topological polar surface area (TPSA) is 85.6 Å². The van der Waals surface area contributed by atoms with Crippen LogP contribution in [0.3, 0.4) is 0 Å². The molecule has 0 fully saturated rings. The first-order chi connectivity index (χ1) is 10.8. The molecule has 0 bridgehead atoms. The molecule has 0 aliphatic heterocycles. The maximum atomic E-state index is 12.1. The number of hydrogen-bond acceptors (Lipinski definition) is 5. The summed E-state index contributed by atoms with van der Waals surface area (Å²) in [5, 5.41) is 2.53. The first-order valence-electron chi connectivity index (χ1n) is 6.52. The van der Waals surface area contributed by atoms with Crippen molar-refractivity contribution in [2.45, 2.75) is 0 Å². The van der Waals surface area contributed by atoms with Crippen molar-refractivity contribution in [2.24, 2.45) is 0 Å². The number of nitrogens with zero attached hydrogens (tertiary/aromatic N) is 3. The molecule has 0 atom stereocenters. The third kappa shape index (κ3) is 2.14. The van der Waals surface area contributed by atoms with Crippen LogP contribution in [0.15, 0.2) is 64.4 Å². The monoisotopic (exact) mass is 294 g/mol. The highest BCUT2D eigenvalue weighted by molar-refractivity contribution is 6.02. The van der Waals surface area contributed by atoms with E-state index in [4.69, 9.17) is 8.83 Å². The molecule has 0 spiro atoms. The number of amides is 1. The van der Waals surface area contributed by atoms with Crippen LogP contribution < -0.4 is 5.32 Å². The summed E-state index contributed by atoms with van der Waals surface area (Å²) in [5.74, 6) is -0.379. The van der Waals surface area contributed by atoms with E-state index in [1.807, 2.05) is 24.4 Å². The fourth-order valence-corrected chi connectivity index (χ4v) is 2.15. The van der Waals surface area contributed by atoms with Crippen molar-refractivity contribution < 1.29 is 13.6 Å². The lowest BCUT2D eigenvalue weighted by Crippen LogP contribution is -2.12. The number of hydrogen-bond donors (Lipinski definition) is 1. The molecule has 4 aromatic rings. The number of pyridine rings is 1. The van der Waals surface area contributed by atoms with Gasteiger partial charge in [-0.2, -0.15) is 0 Å². The molecule has 4 aromatic heterocycles. The number of aromatic nitrogens is 3. The minimum atomic E-state index is -0.379. The lowest BCUT2D eigenvalue weighted by atomic mass is 10.1. The molecule has 7 nitrogen and oxygen atoms in total. The SMILES string of the molecule is O=C(Nc1ncco1)c1cn2cc(-c3ccoc3)ccc2n1. The third-order valence-electron chi connectivity index (χ3n) is 3.19. The van der Waals surface area contributed by atoms with Gasteiger partial charge >= 0.3 is 6.01 Å². The Balaban J connectivity index is 1.67. The molecule has 22 heavy (non-hydrogen) atoms. The fraction of sp³-hybridized carbons (Fsp3) is 0. The van der Waals surface area contributed by atoms with Gasteiger partial charge in [0.15, 0.2) is 0 Å². The van der Waals surface area contributed by atoms with Crippen molar-refractivity contribution in [1.82, 2.24) is 14.4 Å². The number of furan rings is 1. The molecule has 0 radical (unpaired) electrons. The number of rotatable bonds is 3. The van der Waals surface area contributed by atoms with Gasteiger partial charge in [0.1, 0.15) is 17.6 Å². The van der Waals surface area contributed by atoms with Gasteiger partial charge in [0.2, 0.25) is 0 Å². The average molecular weight is 294 g/mol. The minimum Gasteiger partial charge on any atom is -0.472 e. The minimum absolute atomic E-state index is 0.140. The number of fused-ring (bicyclic) bond motifs is 1. The number of nitrogens with one attached hydrogen (secondary N) is 1. The Kier molecular flexibility index (Phi) is 2.75. The predicted molar refractivity (Wildman–Crippen MR) is 77.4 cm³/mol. The second-order valence-electron chi connectivity index (χ2n) is 4.61. The standard InChI is InChI=1S/C15H10N4O3/c20-14(18-15-16-4-6-22-15)12-8-19-7-10(1-2-13(19)17-12)11-3-5-21-9-11/h1-9H,(H,16,18,20). The summed E-state index contributed by atoms with van der Waals surface area (Å²) in [4.78, 5) is 20.2. The van der Waals surface area contributed by atoms with Crippen molar-refractivity contribution in [1.29, 1.82) is 0 Å². The van der Waals surface area contributed by atoms with Crippen LogP contribution in [0.5, 0.6) is 0 Å². The summed E-state index contributed by atoms with van der Waals surface area (Å²) in [5.41, 5.74) is 2.88. The molecule has 4 rings (SSSR count). The Morgan fingerprint density at radius 2 is 2.09 bits per heavy atom. The van der Waals surface area contributed by atoms with E-state index in [-0.39, 0.29) is 17.6 Å². The lowest BCUT2D eigenvalue weighted by molar-refractivity contribution is 0.102. The number of imidazole rings is 1. The van der Waals surface area contributed by atoms with Crippen molar-refractivity contribution in [2.75, 3.05) is 5.32 Å². The first kappa shape index (κ1) is 12.4. The quantitative estimate of drug-likeness (QED) is 0.628. The second-order valence-corrected chi connectivity index (χ2v) is 4.61. The summed E-state index contributed by atoms with van der Waals surface area (Å²) in [7, 11) is 0. The molecule has 0 aliphatic carbocycles. The van der Waals surface area contributed by atoms with Gasteiger partial charge in [0.25, 0.3) is 5.91 Å². The molecular weight excluding hydrogens is 284 g/mol. The Hall–Kier alpha value is -3.35. The smallest absolute Gasteiger partial charge is 0.301 e. The molecular formula is C15H10N4O3. The Labute approximate surface area is 124 Å². The van der Waals surface area contributed by atoms with Gasteiger partial charge in [0.05, 0.1) is 18.7 Å². The van der Waals surface area contributed by atoms with Crippen LogP contribution in [0.25, 0.3) is 16.8 Å². The molecule has 0 saturated carbocycles. The van der Waals surface area contributed by atoms with Crippen molar-refractivity contribution >= 4 is 17.6 Å². The van der Waals surface area contributed by atoms with Crippen molar-refractivity contribution in [3.63, 3.8) is 0 Å².